The highest BCUT2D eigenvalue weighted by molar-refractivity contribution is 7.81. The van der Waals surface area contributed by atoms with Crippen molar-refractivity contribution in [3.05, 3.63) is 39.9 Å². The first kappa shape index (κ1) is 9.40. The molecular formula is C11H5Cl2NS. The molecule has 1 nitrogen and oxygen atoms in total. The summed E-state index contributed by atoms with van der Waals surface area (Å²) in [5.41, 5.74) is 1.87. The summed E-state index contributed by atoms with van der Waals surface area (Å²) in [5.74, 6) is 0. The van der Waals surface area contributed by atoms with Crippen LogP contribution in [0.4, 0.5) is 5.69 Å². The van der Waals surface area contributed by atoms with Gasteiger partial charge in [-0.2, -0.15) is 0 Å². The normalized spacial score (nSPS) is 13.3. The van der Waals surface area contributed by atoms with Crippen molar-refractivity contribution in [3.8, 4) is 0 Å². The van der Waals surface area contributed by atoms with Crippen LogP contribution in [0.5, 0.6) is 0 Å². The summed E-state index contributed by atoms with van der Waals surface area (Å²) in [6.45, 7) is 0. The Balaban J connectivity index is 2.60. The molecule has 15 heavy (non-hydrogen) atoms. The van der Waals surface area contributed by atoms with Crippen molar-refractivity contribution in [3.63, 3.8) is 0 Å². The van der Waals surface area contributed by atoms with Gasteiger partial charge in [0.1, 0.15) is 4.99 Å². The van der Waals surface area contributed by atoms with Gasteiger partial charge in [0.15, 0.2) is 0 Å². The van der Waals surface area contributed by atoms with Crippen molar-refractivity contribution in [2.75, 3.05) is 5.32 Å². The lowest BCUT2D eigenvalue weighted by atomic mass is 10.1. The monoisotopic (exact) mass is 253 g/mol. The molecule has 0 amide bonds. The number of anilines is 1. The minimum absolute atomic E-state index is 0.611. The van der Waals surface area contributed by atoms with E-state index in [1.807, 2.05) is 18.2 Å². The Kier molecular flexibility index (Phi) is 1.93. The van der Waals surface area contributed by atoms with Gasteiger partial charge in [-0.15, -0.1) is 0 Å². The van der Waals surface area contributed by atoms with Crippen molar-refractivity contribution in [2.24, 2.45) is 0 Å². The minimum Gasteiger partial charge on any atom is -0.344 e. The zero-order valence-corrected chi connectivity index (χ0v) is 9.80. The number of thiocarbonyl (C=S) groups is 1. The van der Waals surface area contributed by atoms with Gasteiger partial charge in [-0.05, 0) is 6.07 Å². The summed E-state index contributed by atoms with van der Waals surface area (Å²) in [5, 5.41) is 6.39. The van der Waals surface area contributed by atoms with Crippen LogP contribution in [0.1, 0.15) is 5.56 Å². The molecule has 1 heterocycles. The third-order valence-electron chi connectivity index (χ3n) is 2.55. The summed E-state index contributed by atoms with van der Waals surface area (Å²) in [7, 11) is 0. The molecule has 0 saturated carbocycles. The van der Waals surface area contributed by atoms with Crippen LogP contribution in [-0.2, 0) is 0 Å². The fourth-order valence-corrected chi connectivity index (χ4v) is 2.74. The van der Waals surface area contributed by atoms with E-state index in [0.717, 1.165) is 22.0 Å². The second-order valence-corrected chi connectivity index (χ2v) is 4.62. The van der Waals surface area contributed by atoms with Crippen LogP contribution in [0.25, 0.3) is 10.8 Å². The largest absolute Gasteiger partial charge is 0.344 e. The van der Waals surface area contributed by atoms with Crippen LogP contribution < -0.4 is 5.32 Å². The SMILES string of the molecule is S=C1Nc2c(Cl)cc(Cl)c3cccc1c23. The summed E-state index contributed by atoms with van der Waals surface area (Å²) in [6.07, 6.45) is 0. The highest BCUT2D eigenvalue weighted by atomic mass is 35.5. The van der Waals surface area contributed by atoms with E-state index < -0.39 is 0 Å². The van der Waals surface area contributed by atoms with Gasteiger partial charge in [0.25, 0.3) is 0 Å². The van der Waals surface area contributed by atoms with Gasteiger partial charge >= 0.3 is 0 Å². The lowest BCUT2D eigenvalue weighted by Crippen LogP contribution is -2.02. The zero-order chi connectivity index (χ0) is 10.6. The molecule has 0 aromatic heterocycles. The fraction of sp³-hybridized carbons (Fsp3) is 0. The topological polar surface area (TPSA) is 12.0 Å². The van der Waals surface area contributed by atoms with Crippen molar-refractivity contribution in [1.29, 1.82) is 0 Å². The van der Waals surface area contributed by atoms with Crippen molar-refractivity contribution >= 4 is 56.9 Å². The molecule has 0 bridgehead atoms. The van der Waals surface area contributed by atoms with Gasteiger partial charge < -0.3 is 5.32 Å². The highest BCUT2D eigenvalue weighted by Gasteiger charge is 2.21. The maximum atomic E-state index is 6.13. The summed E-state index contributed by atoms with van der Waals surface area (Å²) in [6, 6.07) is 7.63. The molecule has 0 unspecified atom stereocenters. The third-order valence-corrected chi connectivity index (χ3v) is 3.48. The van der Waals surface area contributed by atoms with Crippen molar-refractivity contribution in [2.45, 2.75) is 0 Å². The van der Waals surface area contributed by atoms with Crippen LogP contribution in [0.2, 0.25) is 10.0 Å². The van der Waals surface area contributed by atoms with E-state index in [-0.39, 0.29) is 0 Å². The number of rotatable bonds is 0. The van der Waals surface area contributed by atoms with E-state index in [1.165, 1.54) is 0 Å². The molecule has 0 aliphatic carbocycles. The molecule has 0 spiro atoms. The van der Waals surface area contributed by atoms with Crippen LogP contribution in [0.15, 0.2) is 24.3 Å². The van der Waals surface area contributed by atoms with Gasteiger partial charge in [-0.25, -0.2) is 0 Å². The summed E-state index contributed by atoms with van der Waals surface area (Å²) < 4.78 is 0. The van der Waals surface area contributed by atoms with Crippen molar-refractivity contribution in [1.82, 2.24) is 0 Å². The predicted molar refractivity (Wildman–Crippen MR) is 69.3 cm³/mol. The quantitative estimate of drug-likeness (QED) is 0.705. The molecule has 74 valence electrons. The standard InChI is InChI=1S/C11H5Cl2NS/c12-7-4-8(13)10-9-5(7)2-1-3-6(9)11(15)14-10/h1-4H,(H,14,15). The van der Waals surface area contributed by atoms with Gasteiger partial charge in [0.05, 0.1) is 15.7 Å². The Morgan fingerprint density at radius 1 is 1.13 bits per heavy atom. The fourth-order valence-electron chi connectivity index (χ4n) is 1.89. The van der Waals surface area contributed by atoms with Gasteiger partial charge in [-0.1, -0.05) is 53.6 Å². The van der Waals surface area contributed by atoms with E-state index in [2.05, 4.69) is 5.32 Å². The number of benzene rings is 2. The zero-order valence-electron chi connectivity index (χ0n) is 7.47. The Morgan fingerprint density at radius 3 is 2.73 bits per heavy atom. The first-order valence-electron chi connectivity index (χ1n) is 4.40. The molecule has 2 aromatic carbocycles. The number of hydrogen-bond acceptors (Lipinski definition) is 1. The van der Waals surface area contributed by atoms with E-state index in [9.17, 15) is 0 Å². The molecule has 0 saturated heterocycles. The molecule has 1 aliphatic heterocycles. The lowest BCUT2D eigenvalue weighted by Gasteiger charge is -2.04. The second-order valence-electron chi connectivity index (χ2n) is 3.40. The summed E-state index contributed by atoms with van der Waals surface area (Å²) in [4.78, 5) is 0.708. The van der Waals surface area contributed by atoms with Crippen LogP contribution in [0.3, 0.4) is 0 Å². The Labute approximate surface area is 102 Å². The first-order valence-corrected chi connectivity index (χ1v) is 5.57. The Morgan fingerprint density at radius 2 is 1.93 bits per heavy atom. The molecule has 0 atom stereocenters. The number of nitrogens with one attached hydrogen (secondary N) is 1. The molecule has 0 fully saturated rings. The minimum atomic E-state index is 0.611. The Hall–Kier alpha value is -0.830. The lowest BCUT2D eigenvalue weighted by molar-refractivity contribution is 1.75. The predicted octanol–water partition coefficient (Wildman–Crippen LogP) is 4.25. The number of halogens is 2. The van der Waals surface area contributed by atoms with Gasteiger partial charge in [0.2, 0.25) is 0 Å². The van der Waals surface area contributed by atoms with Crippen LogP contribution in [-0.4, -0.2) is 4.99 Å². The van der Waals surface area contributed by atoms with Crippen LogP contribution in [0, 0.1) is 0 Å². The van der Waals surface area contributed by atoms with E-state index in [4.69, 9.17) is 35.4 Å². The van der Waals surface area contributed by atoms with Gasteiger partial charge in [-0.3, -0.25) is 0 Å². The molecule has 1 aliphatic rings. The average molecular weight is 254 g/mol. The molecule has 2 aromatic rings. The third kappa shape index (κ3) is 1.19. The maximum Gasteiger partial charge on any atom is 0.111 e. The number of hydrogen-bond donors (Lipinski definition) is 1. The Bertz CT molecular complexity index is 607. The maximum absolute atomic E-state index is 6.13. The molecule has 3 rings (SSSR count). The van der Waals surface area contributed by atoms with E-state index >= 15 is 0 Å². The smallest absolute Gasteiger partial charge is 0.111 e. The second kappa shape index (κ2) is 3.08. The molecule has 0 radical (unpaired) electrons. The van der Waals surface area contributed by atoms with Gasteiger partial charge in [0, 0.05) is 16.3 Å². The van der Waals surface area contributed by atoms with Crippen molar-refractivity contribution < 1.29 is 0 Å². The summed E-state index contributed by atoms with van der Waals surface area (Å²) >= 11 is 17.5. The van der Waals surface area contributed by atoms with E-state index in [1.54, 1.807) is 6.07 Å². The molecule has 1 N–H and O–H groups in total. The molecular weight excluding hydrogens is 249 g/mol. The molecule has 4 heteroatoms. The average Bonchev–Trinajstić information content (AvgIpc) is 2.55. The van der Waals surface area contributed by atoms with E-state index in [0.29, 0.717) is 15.0 Å². The van der Waals surface area contributed by atoms with Crippen LogP contribution >= 0.6 is 35.4 Å². The highest BCUT2D eigenvalue weighted by Crippen LogP contribution is 2.41. The first-order chi connectivity index (χ1) is 7.18.